The van der Waals surface area contributed by atoms with Gasteiger partial charge < -0.3 is 24.8 Å². The summed E-state index contributed by atoms with van der Waals surface area (Å²) in [6.45, 7) is 0.730. The third kappa shape index (κ3) is 3.58. The van der Waals surface area contributed by atoms with E-state index < -0.39 is 18.5 Å². The normalized spacial score (nSPS) is 23.3. The first kappa shape index (κ1) is 10.9. The van der Waals surface area contributed by atoms with Crippen LogP contribution in [-0.4, -0.2) is 53.6 Å². The van der Waals surface area contributed by atoms with Gasteiger partial charge >= 0.3 is 0 Å². The van der Waals surface area contributed by atoms with Crippen LogP contribution in [0.2, 0.25) is 0 Å². The molecule has 13 heavy (non-hydrogen) atoms. The first-order chi connectivity index (χ1) is 6.24. The van der Waals surface area contributed by atoms with Crippen molar-refractivity contribution in [2.75, 3.05) is 19.8 Å². The van der Waals surface area contributed by atoms with E-state index >= 15 is 0 Å². The van der Waals surface area contributed by atoms with Crippen molar-refractivity contribution in [2.24, 2.45) is 0 Å². The second-order valence-corrected chi connectivity index (χ2v) is 3.09. The lowest BCUT2D eigenvalue weighted by atomic mass is 10.1. The zero-order chi connectivity index (χ0) is 9.68. The molecule has 1 fully saturated rings. The van der Waals surface area contributed by atoms with Crippen LogP contribution in [0.15, 0.2) is 0 Å². The molecule has 1 heterocycles. The predicted octanol–water partition coefficient (Wildman–Crippen LogP) is -1.15. The van der Waals surface area contributed by atoms with Crippen LogP contribution < -0.4 is 0 Å². The van der Waals surface area contributed by atoms with Gasteiger partial charge in [-0.1, -0.05) is 0 Å². The van der Waals surface area contributed by atoms with E-state index in [-0.39, 0.29) is 6.61 Å². The Morgan fingerprint density at radius 1 is 1.15 bits per heavy atom. The second-order valence-electron chi connectivity index (χ2n) is 3.09. The lowest BCUT2D eigenvalue weighted by Gasteiger charge is -2.17. The van der Waals surface area contributed by atoms with E-state index in [2.05, 4.69) is 0 Å². The molecular formula is C8H16O5. The molecule has 1 rings (SSSR count). The van der Waals surface area contributed by atoms with Gasteiger partial charge in [-0.2, -0.15) is 0 Å². The molecule has 1 aliphatic rings. The number of rotatable bonds is 5. The van der Waals surface area contributed by atoms with E-state index in [4.69, 9.17) is 19.7 Å². The van der Waals surface area contributed by atoms with Gasteiger partial charge in [-0.15, -0.1) is 0 Å². The van der Waals surface area contributed by atoms with Gasteiger partial charge in [0.1, 0.15) is 6.10 Å². The van der Waals surface area contributed by atoms with Crippen LogP contribution >= 0.6 is 0 Å². The quantitative estimate of drug-likeness (QED) is 0.513. The molecule has 0 bridgehead atoms. The average Bonchev–Trinajstić information content (AvgIpc) is 2.66. The maximum absolute atomic E-state index is 9.45. The van der Waals surface area contributed by atoms with Crippen molar-refractivity contribution in [3.05, 3.63) is 0 Å². The van der Waals surface area contributed by atoms with E-state index in [0.29, 0.717) is 26.1 Å². The molecule has 78 valence electrons. The first-order valence-electron chi connectivity index (χ1n) is 4.44. The summed E-state index contributed by atoms with van der Waals surface area (Å²) < 4.78 is 10.1. The van der Waals surface area contributed by atoms with Crippen LogP contribution in [0.4, 0.5) is 0 Å². The highest BCUT2D eigenvalue weighted by Crippen LogP contribution is 2.13. The Labute approximate surface area is 76.9 Å². The summed E-state index contributed by atoms with van der Waals surface area (Å²) in [5.74, 6) is 0. The molecule has 2 unspecified atom stereocenters. The third-order valence-electron chi connectivity index (χ3n) is 1.97. The van der Waals surface area contributed by atoms with E-state index in [9.17, 15) is 5.11 Å². The largest absolute Gasteiger partial charge is 0.394 e. The minimum absolute atomic E-state index is 0.279. The monoisotopic (exact) mass is 192 g/mol. The molecule has 2 atom stereocenters. The number of ether oxygens (including phenoxy) is 2. The van der Waals surface area contributed by atoms with Crippen molar-refractivity contribution in [1.82, 2.24) is 0 Å². The predicted molar refractivity (Wildman–Crippen MR) is 44.0 cm³/mol. The SMILES string of the molecule is OCC(O)CCC(O)C1OCCO1. The Balaban J connectivity index is 2.12. The van der Waals surface area contributed by atoms with Gasteiger partial charge in [0.2, 0.25) is 0 Å². The summed E-state index contributed by atoms with van der Waals surface area (Å²) >= 11 is 0. The van der Waals surface area contributed by atoms with Crippen LogP contribution in [-0.2, 0) is 9.47 Å². The van der Waals surface area contributed by atoms with Gasteiger partial charge in [-0.3, -0.25) is 0 Å². The molecule has 3 N–H and O–H groups in total. The van der Waals surface area contributed by atoms with Crippen molar-refractivity contribution < 1.29 is 24.8 Å². The Hall–Kier alpha value is -0.200. The molecule has 1 aliphatic heterocycles. The molecule has 5 heteroatoms. The van der Waals surface area contributed by atoms with Gasteiger partial charge in [0.05, 0.1) is 25.9 Å². The highest BCUT2D eigenvalue weighted by molar-refractivity contribution is 4.66. The zero-order valence-corrected chi connectivity index (χ0v) is 7.43. The fourth-order valence-corrected chi connectivity index (χ4v) is 1.19. The molecule has 5 nitrogen and oxygen atoms in total. The summed E-state index contributed by atoms with van der Waals surface area (Å²) in [5, 5.41) is 27.0. The van der Waals surface area contributed by atoms with E-state index in [1.165, 1.54) is 0 Å². The second kappa shape index (κ2) is 5.51. The summed E-state index contributed by atoms with van der Waals surface area (Å²) in [4.78, 5) is 0. The maximum atomic E-state index is 9.45. The zero-order valence-electron chi connectivity index (χ0n) is 7.43. The van der Waals surface area contributed by atoms with Crippen LogP contribution in [0.5, 0.6) is 0 Å². The maximum Gasteiger partial charge on any atom is 0.183 e. The van der Waals surface area contributed by atoms with E-state index in [0.717, 1.165) is 0 Å². The van der Waals surface area contributed by atoms with Gasteiger partial charge in [0.25, 0.3) is 0 Å². The molecule has 0 amide bonds. The molecule has 0 saturated carbocycles. The molecule has 0 spiro atoms. The Morgan fingerprint density at radius 3 is 2.31 bits per heavy atom. The molecule has 0 aromatic heterocycles. The standard InChI is InChI=1S/C8H16O5/c9-5-6(10)1-2-7(11)8-12-3-4-13-8/h6-11H,1-5H2. The van der Waals surface area contributed by atoms with Crippen molar-refractivity contribution in [3.63, 3.8) is 0 Å². The third-order valence-corrected chi connectivity index (χ3v) is 1.97. The average molecular weight is 192 g/mol. The summed E-state index contributed by atoms with van der Waals surface area (Å²) in [7, 11) is 0. The summed E-state index contributed by atoms with van der Waals surface area (Å²) in [6, 6.07) is 0. The molecule has 0 aliphatic carbocycles. The molecule has 1 saturated heterocycles. The minimum Gasteiger partial charge on any atom is -0.394 e. The van der Waals surface area contributed by atoms with E-state index in [1.54, 1.807) is 0 Å². The number of aliphatic hydroxyl groups is 3. The highest BCUT2D eigenvalue weighted by atomic mass is 16.7. The van der Waals surface area contributed by atoms with Crippen molar-refractivity contribution in [1.29, 1.82) is 0 Å². The number of hydrogen-bond acceptors (Lipinski definition) is 5. The van der Waals surface area contributed by atoms with Gasteiger partial charge in [-0.25, -0.2) is 0 Å². The van der Waals surface area contributed by atoms with Gasteiger partial charge in [0.15, 0.2) is 6.29 Å². The summed E-state index contributed by atoms with van der Waals surface area (Å²) in [5.41, 5.74) is 0. The lowest BCUT2D eigenvalue weighted by Crippen LogP contribution is -2.28. The number of aliphatic hydroxyl groups excluding tert-OH is 3. The van der Waals surface area contributed by atoms with Crippen LogP contribution in [0, 0.1) is 0 Å². The topological polar surface area (TPSA) is 79.2 Å². The van der Waals surface area contributed by atoms with Crippen molar-refractivity contribution in [2.45, 2.75) is 31.3 Å². The van der Waals surface area contributed by atoms with Gasteiger partial charge in [0, 0.05) is 0 Å². The van der Waals surface area contributed by atoms with Crippen molar-refractivity contribution in [3.8, 4) is 0 Å². The van der Waals surface area contributed by atoms with E-state index in [1.807, 2.05) is 0 Å². The number of hydrogen-bond donors (Lipinski definition) is 3. The van der Waals surface area contributed by atoms with Crippen LogP contribution in [0.25, 0.3) is 0 Å². The molecule has 0 aromatic carbocycles. The molecule has 0 radical (unpaired) electrons. The van der Waals surface area contributed by atoms with Crippen LogP contribution in [0.1, 0.15) is 12.8 Å². The lowest BCUT2D eigenvalue weighted by molar-refractivity contribution is -0.124. The smallest absolute Gasteiger partial charge is 0.183 e. The molecule has 0 aromatic rings. The fraction of sp³-hybridized carbons (Fsp3) is 1.00. The summed E-state index contributed by atoms with van der Waals surface area (Å²) in [6.07, 6.45) is -1.33. The Morgan fingerprint density at radius 2 is 1.77 bits per heavy atom. The van der Waals surface area contributed by atoms with Crippen molar-refractivity contribution >= 4 is 0 Å². The molecular weight excluding hydrogens is 176 g/mol. The van der Waals surface area contributed by atoms with Gasteiger partial charge in [-0.05, 0) is 12.8 Å². The van der Waals surface area contributed by atoms with Crippen LogP contribution in [0.3, 0.4) is 0 Å². The minimum atomic E-state index is -0.768. The fourth-order valence-electron chi connectivity index (χ4n) is 1.19. The Bertz CT molecular complexity index is 134. The Kier molecular flexibility index (Phi) is 4.61. The first-order valence-corrected chi connectivity index (χ1v) is 4.44. The highest BCUT2D eigenvalue weighted by Gasteiger charge is 2.25.